The molecular formula is C21H36N8O4. The smallest absolute Gasteiger partial charge is 0.241 e. The largest absolute Gasteiger partial charge is 0.370 e. The maximum atomic E-state index is 13.6. The Kier molecular flexibility index (Phi) is 7.90. The number of ketones is 1. The highest BCUT2D eigenvalue weighted by Gasteiger charge is 2.60. The molecule has 4 atom stereocenters. The average Bonchev–Trinajstić information content (AvgIpc) is 3.57. The van der Waals surface area contributed by atoms with Crippen molar-refractivity contribution in [3.8, 4) is 0 Å². The van der Waals surface area contributed by atoms with Crippen molar-refractivity contribution in [3.05, 3.63) is 0 Å². The number of unbranched alkanes of at least 4 members (excludes halogenated alkanes) is 1. The molecule has 184 valence electrons. The Morgan fingerprint density at radius 3 is 2.33 bits per heavy atom. The Morgan fingerprint density at radius 2 is 1.76 bits per heavy atom. The molecule has 3 amide bonds. The van der Waals surface area contributed by atoms with Gasteiger partial charge in [0.1, 0.15) is 12.1 Å². The number of aliphatic imine (C=N–C) groups is 1. The number of hydrogen-bond donors (Lipinski definition) is 6. The Morgan fingerprint density at radius 1 is 1.06 bits per heavy atom. The van der Waals surface area contributed by atoms with Crippen molar-refractivity contribution in [1.82, 2.24) is 20.9 Å². The maximum absolute atomic E-state index is 13.6. The summed E-state index contributed by atoms with van der Waals surface area (Å²) >= 11 is 0. The minimum Gasteiger partial charge on any atom is -0.370 e. The van der Waals surface area contributed by atoms with Crippen LogP contribution in [0.5, 0.6) is 0 Å². The molecule has 0 aromatic carbocycles. The van der Waals surface area contributed by atoms with E-state index in [2.05, 4.69) is 27.9 Å². The summed E-state index contributed by atoms with van der Waals surface area (Å²) in [4.78, 5) is 56.6. The van der Waals surface area contributed by atoms with E-state index >= 15 is 0 Å². The summed E-state index contributed by atoms with van der Waals surface area (Å²) in [5.41, 5.74) is 15.3. The van der Waals surface area contributed by atoms with E-state index in [0.717, 1.165) is 19.3 Å². The predicted molar refractivity (Wildman–Crippen MR) is 122 cm³/mol. The number of hydrogen-bond acceptors (Lipinski definition) is 7. The number of primary amides is 1. The monoisotopic (exact) mass is 464 g/mol. The zero-order valence-electron chi connectivity index (χ0n) is 19.1. The third-order valence-electron chi connectivity index (χ3n) is 6.74. The topological polar surface area (TPSA) is 198 Å². The molecule has 3 rings (SSSR count). The molecule has 0 radical (unpaired) electrons. The highest BCUT2D eigenvalue weighted by atomic mass is 16.2. The van der Waals surface area contributed by atoms with Crippen LogP contribution in [0.4, 0.5) is 0 Å². The van der Waals surface area contributed by atoms with Crippen LogP contribution in [0.2, 0.25) is 0 Å². The average molecular weight is 465 g/mol. The van der Waals surface area contributed by atoms with Gasteiger partial charge in [-0.25, -0.2) is 0 Å². The Hall–Kier alpha value is -2.73. The molecule has 3 aliphatic rings. The lowest BCUT2D eigenvalue weighted by atomic mass is 9.92. The standard InChI is InChI=1S/C21H36N8O4/c1-2-3-5-12-18(32)27-13(10-26-12)16(30)21(7-8-21)29-11-14(17(22)31)28-19(33)15(29)6-4-9-25-20(23)24/h12-15,26H,2-11H2,1H3,(H2,22,31)(H,27,32)(H,28,33)(H4,23,24,25)/t12-,13-,14+,15+/m0/s1. The van der Waals surface area contributed by atoms with Crippen LogP contribution in [-0.4, -0.2) is 83.7 Å². The Bertz CT molecular complexity index is 808. The number of rotatable bonds is 11. The van der Waals surface area contributed by atoms with Gasteiger partial charge in [0.05, 0.1) is 17.6 Å². The van der Waals surface area contributed by atoms with Gasteiger partial charge in [-0.2, -0.15) is 0 Å². The molecule has 0 aromatic heterocycles. The van der Waals surface area contributed by atoms with Crippen LogP contribution in [0.15, 0.2) is 4.99 Å². The highest BCUT2D eigenvalue weighted by molar-refractivity contribution is 6.00. The van der Waals surface area contributed by atoms with E-state index in [1.807, 2.05) is 4.90 Å². The molecule has 0 bridgehead atoms. The first-order valence-corrected chi connectivity index (χ1v) is 11.7. The second kappa shape index (κ2) is 10.5. The van der Waals surface area contributed by atoms with Crippen molar-refractivity contribution in [2.24, 2.45) is 22.2 Å². The van der Waals surface area contributed by atoms with E-state index in [9.17, 15) is 19.2 Å². The molecule has 33 heavy (non-hydrogen) atoms. The highest BCUT2D eigenvalue weighted by Crippen LogP contribution is 2.46. The van der Waals surface area contributed by atoms with Gasteiger partial charge in [0.15, 0.2) is 11.7 Å². The van der Waals surface area contributed by atoms with Crippen LogP contribution >= 0.6 is 0 Å². The van der Waals surface area contributed by atoms with Gasteiger partial charge < -0.3 is 33.2 Å². The molecule has 2 aliphatic heterocycles. The number of amides is 3. The van der Waals surface area contributed by atoms with Crippen molar-refractivity contribution in [3.63, 3.8) is 0 Å². The lowest BCUT2D eigenvalue weighted by Gasteiger charge is -2.44. The number of nitrogens with zero attached hydrogens (tertiary/aromatic N) is 2. The molecule has 12 heteroatoms. The van der Waals surface area contributed by atoms with Crippen molar-refractivity contribution in [2.75, 3.05) is 19.6 Å². The number of carbonyl (C=O) groups excluding carboxylic acids is 4. The van der Waals surface area contributed by atoms with Crippen LogP contribution in [-0.2, 0) is 19.2 Å². The summed E-state index contributed by atoms with van der Waals surface area (Å²) in [5.74, 6) is -1.34. The number of nitrogens with one attached hydrogen (secondary N) is 3. The minimum absolute atomic E-state index is 0.0274. The normalized spacial score (nSPS) is 29.0. The summed E-state index contributed by atoms with van der Waals surface area (Å²) in [7, 11) is 0. The molecule has 0 unspecified atom stereocenters. The van der Waals surface area contributed by atoms with E-state index in [-0.39, 0.29) is 36.1 Å². The number of Topliss-reactive ketones (excluding diaryl/α,β-unsaturated/α-hetero) is 1. The quantitative estimate of drug-likeness (QED) is 0.109. The number of nitrogens with two attached hydrogens (primary N) is 3. The van der Waals surface area contributed by atoms with Crippen molar-refractivity contribution < 1.29 is 19.2 Å². The van der Waals surface area contributed by atoms with E-state index < -0.39 is 29.6 Å². The first-order valence-electron chi connectivity index (χ1n) is 11.7. The first-order chi connectivity index (χ1) is 15.7. The molecule has 2 saturated heterocycles. The fourth-order valence-electron chi connectivity index (χ4n) is 4.79. The van der Waals surface area contributed by atoms with Crippen molar-refractivity contribution >= 4 is 29.5 Å². The van der Waals surface area contributed by atoms with E-state index in [1.165, 1.54) is 0 Å². The zero-order chi connectivity index (χ0) is 24.2. The molecule has 9 N–H and O–H groups in total. The molecule has 0 aromatic rings. The van der Waals surface area contributed by atoms with Crippen molar-refractivity contribution in [1.29, 1.82) is 0 Å². The second-order valence-corrected chi connectivity index (χ2v) is 9.14. The third kappa shape index (κ3) is 5.61. The van der Waals surface area contributed by atoms with Gasteiger partial charge in [-0.3, -0.25) is 29.1 Å². The fourth-order valence-corrected chi connectivity index (χ4v) is 4.79. The Balaban J connectivity index is 1.74. The maximum Gasteiger partial charge on any atom is 0.241 e. The predicted octanol–water partition coefficient (Wildman–Crippen LogP) is -2.56. The van der Waals surface area contributed by atoms with Gasteiger partial charge in [-0.15, -0.1) is 0 Å². The summed E-state index contributed by atoms with van der Waals surface area (Å²) in [5, 5.41) is 8.73. The number of piperazine rings is 2. The molecule has 0 spiro atoms. The van der Waals surface area contributed by atoms with Gasteiger partial charge in [-0.05, 0) is 32.1 Å². The van der Waals surface area contributed by atoms with Crippen LogP contribution in [0.1, 0.15) is 51.9 Å². The van der Waals surface area contributed by atoms with Gasteiger partial charge in [0, 0.05) is 19.6 Å². The van der Waals surface area contributed by atoms with Crippen LogP contribution in [0.25, 0.3) is 0 Å². The van der Waals surface area contributed by atoms with Crippen LogP contribution in [0.3, 0.4) is 0 Å². The molecule has 12 nitrogen and oxygen atoms in total. The second-order valence-electron chi connectivity index (χ2n) is 9.14. The lowest BCUT2D eigenvalue weighted by molar-refractivity contribution is -0.144. The van der Waals surface area contributed by atoms with Gasteiger partial charge in [-0.1, -0.05) is 19.8 Å². The van der Waals surface area contributed by atoms with Crippen LogP contribution < -0.4 is 33.2 Å². The van der Waals surface area contributed by atoms with Gasteiger partial charge in [0.25, 0.3) is 0 Å². The number of guanidine groups is 1. The lowest BCUT2D eigenvalue weighted by Crippen LogP contribution is -2.70. The Labute approximate surface area is 193 Å². The molecule has 3 fully saturated rings. The SMILES string of the molecule is CCCC[C@@H]1NC[C@@H](C(=O)C2(N3C[C@H](C(N)=O)NC(=O)[C@H]3CCCN=C(N)N)CC2)NC1=O. The summed E-state index contributed by atoms with van der Waals surface area (Å²) in [6.45, 7) is 2.90. The van der Waals surface area contributed by atoms with Crippen LogP contribution in [0, 0.1) is 0 Å². The first kappa shape index (κ1) is 24.9. The fraction of sp³-hybridized carbons (Fsp3) is 0.762. The molecular weight excluding hydrogens is 428 g/mol. The summed E-state index contributed by atoms with van der Waals surface area (Å²) in [6.07, 6.45) is 4.68. The van der Waals surface area contributed by atoms with Gasteiger partial charge in [0.2, 0.25) is 17.7 Å². The van der Waals surface area contributed by atoms with Crippen molar-refractivity contribution in [2.45, 2.75) is 81.6 Å². The molecule has 1 aliphatic carbocycles. The van der Waals surface area contributed by atoms with Gasteiger partial charge >= 0.3 is 0 Å². The zero-order valence-corrected chi connectivity index (χ0v) is 19.1. The minimum atomic E-state index is -0.901. The third-order valence-corrected chi connectivity index (χ3v) is 6.74. The molecule has 1 saturated carbocycles. The van der Waals surface area contributed by atoms with E-state index in [4.69, 9.17) is 17.2 Å². The molecule has 2 heterocycles. The summed E-state index contributed by atoms with van der Waals surface area (Å²) < 4.78 is 0. The number of carbonyl (C=O) groups is 4. The van der Waals surface area contributed by atoms with E-state index in [1.54, 1.807) is 0 Å². The van der Waals surface area contributed by atoms with E-state index in [0.29, 0.717) is 38.8 Å². The summed E-state index contributed by atoms with van der Waals surface area (Å²) in [6, 6.07) is -2.48.